The molecule has 2 aliphatic heterocycles. The van der Waals surface area contributed by atoms with Crippen LogP contribution in [0.5, 0.6) is 0 Å². The Morgan fingerprint density at radius 3 is 2.54 bits per heavy atom. The lowest BCUT2D eigenvalue weighted by Gasteiger charge is -2.64. The second-order valence-corrected chi connectivity index (χ2v) is 13.3. The summed E-state index contributed by atoms with van der Waals surface area (Å²) in [5.41, 5.74) is -5.40. The fourth-order valence-corrected chi connectivity index (χ4v) is 10.1. The number of fused-ring (bicyclic) bond motifs is 4. The van der Waals surface area contributed by atoms with E-state index >= 15 is 0 Å². The zero-order valence-corrected chi connectivity index (χ0v) is 22.7. The normalized spacial score (nSPS) is 54.0. The first-order valence-electron chi connectivity index (χ1n) is 14.0. The molecule has 37 heavy (non-hydrogen) atoms. The average molecular weight is 515 g/mol. The maximum Gasteiger partial charge on any atom is 0.164 e. The Balaban J connectivity index is 1.42. The Bertz CT molecular complexity index is 1140. The van der Waals surface area contributed by atoms with E-state index in [1.807, 2.05) is 27.7 Å². The topological polar surface area (TPSA) is 120 Å². The van der Waals surface area contributed by atoms with Gasteiger partial charge in [-0.05, 0) is 95.8 Å². The molecule has 7 heteroatoms. The van der Waals surface area contributed by atoms with Crippen molar-refractivity contribution in [3.05, 3.63) is 35.6 Å². The zero-order valence-electron chi connectivity index (χ0n) is 22.7. The van der Waals surface area contributed by atoms with Crippen molar-refractivity contribution in [2.24, 2.45) is 22.7 Å². The number of aliphatic hydroxyl groups excluding tert-OH is 1. The number of carbonyl (C=O) groups excluding carboxylic acids is 1. The minimum absolute atomic E-state index is 0.0606. The highest BCUT2D eigenvalue weighted by molar-refractivity contribution is 5.98. The van der Waals surface area contributed by atoms with Crippen LogP contribution in [0.3, 0.4) is 0 Å². The molecule has 7 nitrogen and oxygen atoms in total. The largest absolute Gasteiger partial charge is 0.487 e. The fraction of sp³-hybridized carbons (Fsp3) is 0.767. The zero-order chi connectivity index (χ0) is 27.0. The van der Waals surface area contributed by atoms with Gasteiger partial charge in [-0.2, -0.15) is 0 Å². The van der Waals surface area contributed by atoms with E-state index in [2.05, 4.69) is 6.58 Å². The van der Waals surface area contributed by atoms with Crippen LogP contribution in [0.25, 0.3) is 0 Å². The number of carbonyl (C=O) groups is 1. The molecule has 6 rings (SSSR count). The third-order valence-electron chi connectivity index (χ3n) is 12.5. The van der Waals surface area contributed by atoms with Crippen LogP contribution in [0.1, 0.15) is 79.6 Å². The number of hydrogen-bond donors (Lipinski definition) is 4. The Kier molecular flexibility index (Phi) is 5.12. The van der Waals surface area contributed by atoms with Crippen molar-refractivity contribution >= 4 is 5.78 Å². The fourth-order valence-electron chi connectivity index (χ4n) is 10.1. The van der Waals surface area contributed by atoms with E-state index in [1.54, 1.807) is 13.0 Å². The Morgan fingerprint density at radius 2 is 1.89 bits per heavy atom. The highest BCUT2D eigenvalue weighted by Gasteiger charge is 2.84. The minimum atomic E-state index is -1.65. The predicted molar refractivity (Wildman–Crippen MR) is 136 cm³/mol. The molecule has 1 spiro atoms. The quantitative estimate of drug-likeness (QED) is 0.427. The number of epoxide rings is 1. The van der Waals surface area contributed by atoms with Crippen molar-refractivity contribution in [2.45, 2.75) is 120 Å². The lowest BCUT2D eigenvalue weighted by molar-refractivity contribution is -0.289. The Labute approximate surface area is 219 Å². The van der Waals surface area contributed by atoms with E-state index in [1.165, 1.54) is 6.08 Å². The van der Waals surface area contributed by atoms with Crippen molar-refractivity contribution in [1.82, 2.24) is 0 Å². The summed E-state index contributed by atoms with van der Waals surface area (Å²) < 4.78 is 12.3. The number of aliphatic hydroxyl groups is 4. The second kappa shape index (κ2) is 7.36. The molecule has 3 saturated carbocycles. The molecule has 1 saturated heterocycles. The SMILES string of the molecule is C=C1O[C@@H]([C@](C)(O)[C@]2(O)CC[C@@]3(O)[C@@H]4C[C@H]5O[C@]56[C@H](O)C=CC(=O)[C@]6(C)[C@H]4CC[C@]23CC)CC(C)=C1C. The van der Waals surface area contributed by atoms with Crippen LogP contribution in [0.2, 0.25) is 0 Å². The number of allylic oxidation sites excluding steroid dienone is 2. The highest BCUT2D eigenvalue weighted by Crippen LogP contribution is 2.75. The summed E-state index contributed by atoms with van der Waals surface area (Å²) in [5.74, 6) is -0.0566. The molecule has 0 aromatic rings. The standard InChI is InChI=1S/C30H42O7/c1-7-27-11-10-19-20(15-24-30(37-24)22(32)9-8-21(31)25(19,30)5)28(27,34)12-13-29(27,35)26(6,33)23-14-16(2)17(3)18(4)36-23/h8-9,19-20,22-24,32-35H,4,7,10-15H2,1-3,5-6H3/t19-,20+,22+,23+,24+,25-,26-,27-,28+,29+,30+/m0/s1. The van der Waals surface area contributed by atoms with Crippen LogP contribution in [-0.4, -0.2) is 66.9 Å². The summed E-state index contributed by atoms with van der Waals surface area (Å²) in [6.07, 6.45) is 4.21. The van der Waals surface area contributed by atoms with Crippen LogP contribution in [-0.2, 0) is 14.3 Å². The van der Waals surface area contributed by atoms with Gasteiger partial charge in [0.1, 0.15) is 34.8 Å². The molecule has 0 radical (unpaired) electrons. The van der Waals surface area contributed by atoms with E-state index in [9.17, 15) is 25.2 Å². The molecule has 0 aromatic carbocycles. The van der Waals surface area contributed by atoms with Crippen molar-refractivity contribution in [3.63, 3.8) is 0 Å². The van der Waals surface area contributed by atoms with Crippen LogP contribution >= 0.6 is 0 Å². The van der Waals surface area contributed by atoms with Gasteiger partial charge in [0.15, 0.2) is 5.78 Å². The molecule has 0 amide bonds. The molecule has 11 atom stereocenters. The van der Waals surface area contributed by atoms with Gasteiger partial charge in [0, 0.05) is 11.8 Å². The van der Waals surface area contributed by atoms with Crippen LogP contribution in [0.15, 0.2) is 35.6 Å². The number of ether oxygens (including phenoxy) is 2. The number of rotatable bonds is 3. The van der Waals surface area contributed by atoms with Crippen molar-refractivity contribution in [2.75, 3.05) is 0 Å². The smallest absolute Gasteiger partial charge is 0.164 e. The summed E-state index contributed by atoms with van der Waals surface area (Å²) in [7, 11) is 0. The van der Waals surface area contributed by atoms with E-state index < -0.39 is 45.4 Å². The maximum atomic E-state index is 13.4. The lowest BCUT2D eigenvalue weighted by Crippen LogP contribution is -2.74. The van der Waals surface area contributed by atoms with Gasteiger partial charge in [-0.25, -0.2) is 0 Å². The predicted octanol–water partition coefficient (Wildman–Crippen LogP) is 3.10. The van der Waals surface area contributed by atoms with E-state index in [0.717, 1.165) is 11.1 Å². The molecule has 0 aromatic heterocycles. The number of ketones is 1. The lowest BCUT2D eigenvalue weighted by atomic mass is 9.41. The maximum absolute atomic E-state index is 13.4. The molecule has 2 heterocycles. The van der Waals surface area contributed by atoms with E-state index in [-0.39, 0.29) is 30.1 Å². The molecule has 4 N–H and O–H groups in total. The van der Waals surface area contributed by atoms with Crippen molar-refractivity contribution in [1.29, 1.82) is 0 Å². The van der Waals surface area contributed by atoms with Crippen LogP contribution < -0.4 is 0 Å². The molecular formula is C30H42O7. The van der Waals surface area contributed by atoms with Crippen LogP contribution in [0.4, 0.5) is 0 Å². The molecular weight excluding hydrogens is 472 g/mol. The minimum Gasteiger partial charge on any atom is -0.487 e. The van der Waals surface area contributed by atoms with Gasteiger partial charge in [-0.15, -0.1) is 0 Å². The van der Waals surface area contributed by atoms with Gasteiger partial charge in [0.05, 0.1) is 17.1 Å². The number of hydrogen-bond acceptors (Lipinski definition) is 7. The van der Waals surface area contributed by atoms with Gasteiger partial charge < -0.3 is 29.9 Å². The Hall–Kier alpha value is -1.51. The third-order valence-corrected chi connectivity index (χ3v) is 12.5. The summed E-state index contributed by atoms with van der Waals surface area (Å²) in [5, 5.41) is 48.4. The van der Waals surface area contributed by atoms with Crippen molar-refractivity contribution < 1.29 is 34.7 Å². The molecule has 6 aliphatic rings. The average Bonchev–Trinajstić information content (AvgIpc) is 3.54. The van der Waals surface area contributed by atoms with Crippen molar-refractivity contribution in [3.8, 4) is 0 Å². The van der Waals surface area contributed by atoms with Gasteiger partial charge in [-0.1, -0.05) is 19.1 Å². The molecule has 0 unspecified atom stereocenters. The van der Waals surface area contributed by atoms with E-state index in [0.29, 0.717) is 44.3 Å². The molecule has 204 valence electrons. The first-order valence-corrected chi connectivity index (χ1v) is 14.0. The van der Waals surface area contributed by atoms with Crippen LogP contribution in [0, 0.1) is 22.7 Å². The van der Waals surface area contributed by atoms with E-state index in [4.69, 9.17) is 9.47 Å². The first-order chi connectivity index (χ1) is 17.2. The molecule has 0 bridgehead atoms. The second-order valence-electron chi connectivity index (χ2n) is 13.3. The first kappa shape index (κ1) is 25.8. The summed E-state index contributed by atoms with van der Waals surface area (Å²) in [4.78, 5) is 13.4. The summed E-state index contributed by atoms with van der Waals surface area (Å²) in [6.45, 7) is 13.5. The van der Waals surface area contributed by atoms with Gasteiger partial charge in [0.25, 0.3) is 0 Å². The van der Waals surface area contributed by atoms with Gasteiger partial charge >= 0.3 is 0 Å². The van der Waals surface area contributed by atoms with Gasteiger partial charge in [0.2, 0.25) is 0 Å². The highest BCUT2D eigenvalue weighted by atomic mass is 16.6. The Morgan fingerprint density at radius 1 is 1.19 bits per heavy atom. The molecule has 4 aliphatic carbocycles. The molecule has 4 fully saturated rings. The third kappa shape index (κ3) is 2.59. The summed E-state index contributed by atoms with van der Waals surface area (Å²) >= 11 is 0. The van der Waals surface area contributed by atoms with Gasteiger partial charge in [-0.3, -0.25) is 4.79 Å². The summed E-state index contributed by atoms with van der Waals surface area (Å²) in [6, 6.07) is 0. The monoisotopic (exact) mass is 514 g/mol.